The van der Waals surface area contributed by atoms with Gasteiger partial charge in [0.25, 0.3) is 0 Å². The molecule has 3 aromatic carbocycles. The maximum Gasteiger partial charge on any atom is 0.333 e. The molecule has 0 saturated carbocycles. The lowest BCUT2D eigenvalue weighted by atomic mass is 10.0. The number of benzene rings is 3. The number of carboxylic acids is 1. The first-order valence-electron chi connectivity index (χ1n) is 14.5. The lowest BCUT2D eigenvalue weighted by Gasteiger charge is -2.40. The van der Waals surface area contributed by atoms with Gasteiger partial charge in [0.15, 0.2) is 11.9 Å². The van der Waals surface area contributed by atoms with E-state index < -0.39 is 12.1 Å². The molecule has 0 heterocycles. The standard InChI is InChI=1S/C28H30O8.C7H18S/c1-33-26(28(31)32)19-20-3-9-23(10-4-20)34-16-2-17-35-24-11-5-21(6-12-24)27(30)22-7-13-25(14-8-22)36-18-15-29;1-7(2,3)8(4,5)6/h3-14,26,29H,2,15-19H2,1H3,(H,31,32);1-6H3. The fourth-order valence-corrected chi connectivity index (χ4v) is 3.38. The monoisotopic (exact) mass is 628 g/mol. The van der Waals surface area contributed by atoms with Crippen LogP contribution in [-0.2, 0) is 16.0 Å². The van der Waals surface area contributed by atoms with E-state index in [0.717, 1.165) is 5.56 Å². The highest BCUT2D eigenvalue weighted by atomic mass is 32.3. The van der Waals surface area contributed by atoms with E-state index in [1.165, 1.54) is 7.11 Å². The van der Waals surface area contributed by atoms with Crippen molar-refractivity contribution in [3.63, 3.8) is 0 Å². The molecule has 8 nitrogen and oxygen atoms in total. The first-order chi connectivity index (χ1) is 20.7. The number of ether oxygens (including phenoxy) is 4. The molecule has 0 aliphatic rings. The minimum Gasteiger partial charge on any atom is -0.493 e. The fraction of sp³-hybridized carbons (Fsp3) is 0.429. The molecular weight excluding hydrogens is 580 g/mol. The van der Waals surface area contributed by atoms with Crippen molar-refractivity contribution in [2.75, 3.05) is 52.3 Å². The molecule has 0 fully saturated rings. The molecule has 0 aliphatic heterocycles. The summed E-state index contributed by atoms with van der Waals surface area (Å²) in [6.07, 6.45) is 7.15. The van der Waals surface area contributed by atoms with Crippen LogP contribution in [0, 0.1) is 0 Å². The summed E-state index contributed by atoms with van der Waals surface area (Å²) < 4.78 is 22.2. The molecule has 3 aromatic rings. The van der Waals surface area contributed by atoms with Gasteiger partial charge in [0.2, 0.25) is 0 Å². The van der Waals surface area contributed by atoms with E-state index in [9.17, 15) is 9.59 Å². The summed E-state index contributed by atoms with van der Waals surface area (Å²) in [5, 5.41) is 17.9. The molecule has 0 saturated heterocycles. The number of hydrogen-bond donors (Lipinski definition) is 2. The maximum atomic E-state index is 12.7. The zero-order chi connectivity index (χ0) is 32.8. The lowest BCUT2D eigenvalue weighted by molar-refractivity contribution is -0.148. The van der Waals surface area contributed by atoms with Crippen LogP contribution in [0.25, 0.3) is 0 Å². The van der Waals surface area contributed by atoms with E-state index in [0.29, 0.717) is 52.8 Å². The molecule has 2 N–H and O–H groups in total. The Morgan fingerprint density at radius 2 is 1.11 bits per heavy atom. The first-order valence-corrected chi connectivity index (χ1v) is 17.4. The van der Waals surface area contributed by atoms with Gasteiger partial charge in [-0.05, 0) is 89.7 Å². The predicted molar refractivity (Wildman–Crippen MR) is 178 cm³/mol. The van der Waals surface area contributed by atoms with Crippen molar-refractivity contribution in [1.82, 2.24) is 0 Å². The second-order valence-electron chi connectivity index (χ2n) is 11.9. The number of rotatable bonds is 15. The summed E-state index contributed by atoms with van der Waals surface area (Å²) in [5.41, 5.74) is 1.95. The van der Waals surface area contributed by atoms with Gasteiger partial charge < -0.3 is 29.2 Å². The molecule has 242 valence electrons. The SMILES string of the molecule is CC(C)(C)S(C)(C)C.COC(Cc1ccc(OCCCOc2ccc(C(=O)c3ccc(OCCO)cc3)cc2)cc1)C(=O)O. The van der Waals surface area contributed by atoms with Gasteiger partial charge in [0, 0.05) is 31.1 Å². The summed E-state index contributed by atoms with van der Waals surface area (Å²) in [4.78, 5) is 23.7. The highest BCUT2D eigenvalue weighted by Gasteiger charge is 2.22. The molecule has 44 heavy (non-hydrogen) atoms. The number of carbonyl (C=O) groups excluding carboxylic acids is 1. The molecule has 0 radical (unpaired) electrons. The van der Waals surface area contributed by atoms with Gasteiger partial charge in [-0.15, -0.1) is 0 Å². The van der Waals surface area contributed by atoms with Gasteiger partial charge >= 0.3 is 5.97 Å². The molecule has 9 heteroatoms. The van der Waals surface area contributed by atoms with E-state index in [2.05, 4.69) is 39.5 Å². The van der Waals surface area contributed by atoms with Crippen LogP contribution in [-0.4, -0.2) is 85.1 Å². The molecule has 0 bridgehead atoms. The van der Waals surface area contributed by atoms with Crippen LogP contribution in [0.2, 0.25) is 0 Å². The Labute approximate surface area is 263 Å². The van der Waals surface area contributed by atoms with Crippen molar-refractivity contribution in [2.45, 2.75) is 44.5 Å². The Kier molecular flexibility index (Phi) is 14.7. The third kappa shape index (κ3) is 12.6. The van der Waals surface area contributed by atoms with Gasteiger partial charge in [-0.25, -0.2) is 14.8 Å². The summed E-state index contributed by atoms with van der Waals surface area (Å²) in [7, 11) is 1.04. The minimum absolute atomic E-state index is 0.0660. The zero-order valence-corrected chi connectivity index (χ0v) is 27.8. The third-order valence-electron chi connectivity index (χ3n) is 7.16. The van der Waals surface area contributed by atoms with E-state index >= 15 is 0 Å². The number of hydrogen-bond acceptors (Lipinski definition) is 7. The van der Waals surface area contributed by atoms with Crippen LogP contribution in [0.15, 0.2) is 72.8 Å². The van der Waals surface area contributed by atoms with Crippen LogP contribution < -0.4 is 14.2 Å². The highest BCUT2D eigenvalue weighted by molar-refractivity contribution is 8.33. The first kappa shape index (κ1) is 36.7. The average molecular weight is 629 g/mol. The summed E-state index contributed by atoms with van der Waals surface area (Å²) >= 11 is 0. The molecule has 0 spiro atoms. The third-order valence-corrected chi connectivity index (χ3v) is 10.8. The normalized spacial score (nSPS) is 12.4. The van der Waals surface area contributed by atoms with Crippen molar-refractivity contribution in [3.05, 3.63) is 89.5 Å². The zero-order valence-electron chi connectivity index (χ0n) is 27.0. The number of carbonyl (C=O) groups is 2. The molecule has 1 atom stereocenters. The van der Waals surface area contributed by atoms with Crippen molar-refractivity contribution in [2.24, 2.45) is 0 Å². The fourth-order valence-electron chi connectivity index (χ4n) is 3.38. The quantitative estimate of drug-likeness (QED) is 0.150. The summed E-state index contributed by atoms with van der Waals surface area (Å²) in [6, 6.07) is 21.0. The van der Waals surface area contributed by atoms with Gasteiger partial charge in [0.1, 0.15) is 23.9 Å². The minimum atomic E-state index is -0.991. The Morgan fingerprint density at radius 3 is 1.45 bits per heavy atom. The Bertz CT molecular complexity index is 1260. The number of aliphatic hydroxyl groups is 1. The number of ketones is 1. The van der Waals surface area contributed by atoms with Gasteiger partial charge in [0.05, 0.1) is 19.8 Å². The average Bonchev–Trinajstić information content (AvgIpc) is 2.98. The number of aliphatic carboxylic acids is 1. The summed E-state index contributed by atoms with van der Waals surface area (Å²) in [6.45, 7) is 7.98. The summed E-state index contributed by atoms with van der Waals surface area (Å²) in [5.74, 6) is 0.862. The van der Waals surface area contributed by atoms with Gasteiger partial charge in [-0.2, -0.15) is 0 Å². The largest absolute Gasteiger partial charge is 0.493 e. The predicted octanol–water partition coefficient (Wildman–Crippen LogP) is 6.26. The Balaban J connectivity index is 0.000000742. The molecule has 3 rings (SSSR count). The van der Waals surface area contributed by atoms with E-state index in [-0.39, 0.29) is 35.4 Å². The van der Waals surface area contributed by atoms with Crippen molar-refractivity contribution in [1.29, 1.82) is 0 Å². The number of aliphatic hydroxyl groups excluding tert-OH is 1. The van der Waals surface area contributed by atoms with Gasteiger partial charge in [-0.3, -0.25) is 4.79 Å². The van der Waals surface area contributed by atoms with E-state index in [1.54, 1.807) is 60.7 Å². The second kappa shape index (κ2) is 17.7. The number of methoxy groups -OCH3 is 1. The molecule has 0 aliphatic carbocycles. The van der Waals surface area contributed by atoms with Crippen LogP contribution in [0.5, 0.6) is 17.2 Å². The number of carboxylic acid groups (broad SMARTS) is 1. The second-order valence-corrected chi connectivity index (χ2v) is 16.8. The smallest absolute Gasteiger partial charge is 0.333 e. The van der Waals surface area contributed by atoms with Crippen LogP contribution in [0.1, 0.15) is 48.7 Å². The van der Waals surface area contributed by atoms with Crippen molar-refractivity contribution in [3.8, 4) is 17.2 Å². The molecular formula is C35H48O8S. The highest BCUT2D eigenvalue weighted by Crippen LogP contribution is 2.48. The van der Waals surface area contributed by atoms with E-state index in [4.69, 9.17) is 29.2 Å². The maximum absolute atomic E-state index is 12.7. The molecule has 1 unspecified atom stereocenters. The lowest BCUT2D eigenvalue weighted by Crippen LogP contribution is -2.24. The van der Waals surface area contributed by atoms with Crippen molar-refractivity contribution < 1.29 is 38.7 Å². The molecule has 0 aromatic heterocycles. The topological polar surface area (TPSA) is 112 Å². The Morgan fingerprint density at radius 1 is 0.727 bits per heavy atom. The van der Waals surface area contributed by atoms with Gasteiger partial charge in [-0.1, -0.05) is 32.9 Å². The van der Waals surface area contributed by atoms with Crippen LogP contribution in [0.4, 0.5) is 0 Å². The van der Waals surface area contributed by atoms with Crippen molar-refractivity contribution >= 4 is 21.8 Å². The van der Waals surface area contributed by atoms with Crippen LogP contribution in [0.3, 0.4) is 0 Å². The van der Waals surface area contributed by atoms with E-state index in [1.807, 2.05) is 12.1 Å². The Hall–Kier alpha value is -3.53. The van der Waals surface area contributed by atoms with Crippen LogP contribution >= 0.6 is 10.0 Å². The molecule has 0 amide bonds.